The molecule has 142 valence electrons. The quantitative estimate of drug-likeness (QED) is 0.711. The summed E-state index contributed by atoms with van der Waals surface area (Å²) >= 11 is 0. The summed E-state index contributed by atoms with van der Waals surface area (Å²) in [7, 11) is 1.99. The second-order valence-electron chi connectivity index (χ2n) is 6.36. The van der Waals surface area contributed by atoms with Crippen LogP contribution in [0.1, 0.15) is 17.2 Å². The van der Waals surface area contributed by atoms with Gasteiger partial charge in [-0.25, -0.2) is 8.78 Å². The zero-order chi connectivity index (χ0) is 19.6. The van der Waals surface area contributed by atoms with Gasteiger partial charge in [-0.15, -0.1) is 0 Å². The number of hydrogen-bond acceptors (Lipinski definition) is 4. The van der Waals surface area contributed by atoms with Gasteiger partial charge in [0.05, 0.1) is 11.8 Å². The van der Waals surface area contributed by atoms with Crippen LogP contribution in [0, 0.1) is 11.6 Å². The molecule has 6 nitrogen and oxygen atoms in total. The van der Waals surface area contributed by atoms with E-state index in [2.05, 4.69) is 10.2 Å². The predicted molar refractivity (Wildman–Crippen MR) is 96.4 cm³/mol. The summed E-state index contributed by atoms with van der Waals surface area (Å²) in [5.41, 5.74) is 2.41. The maximum absolute atomic E-state index is 13.5. The van der Waals surface area contributed by atoms with Crippen molar-refractivity contribution in [2.75, 3.05) is 30.4 Å². The van der Waals surface area contributed by atoms with Gasteiger partial charge < -0.3 is 20.6 Å². The van der Waals surface area contributed by atoms with Crippen LogP contribution in [-0.4, -0.2) is 37.1 Å². The van der Waals surface area contributed by atoms with E-state index in [1.807, 2.05) is 24.5 Å². The monoisotopic (exact) mass is 375 g/mol. The van der Waals surface area contributed by atoms with Crippen molar-refractivity contribution in [2.24, 2.45) is 0 Å². The zero-order valence-electron chi connectivity index (χ0n) is 14.6. The van der Waals surface area contributed by atoms with Gasteiger partial charge in [0.25, 0.3) is 0 Å². The Labute approximate surface area is 154 Å². The van der Waals surface area contributed by atoms with Gasteiger partial charge in [0, 0.05) is 31.9 Å². The summed E-state index contributed by atoms with van der Waals surface area (Å²) in [6.45, 7) is 0.717. The van der Waals surface area contributed by atoms with Crippen LogP contribution in [0.5, 0.6) is 0 Å². The number of benzene rings is 2. The molecule has 0 spiro atoms. The predicted octanol–water partition coefficient (Wildman–Crippen LogP) is 1.75. The number of likely N-dealkylation sites (N-methyl/N-ethyl adjacent to an activating group) is 1. The van der Waals surface area contributed by atoms with E-state index < -0.39 is 35.2 Å². The molecule has 1 aliphatic rings. The van der Waals surface area contributed by atoms with E-state index in [4.69, 9.17) is 0 Å². The molecule has 8 heteroatoms. The number of carbonyl (C=O) groups is 2. The third-order valence-electron chi connectivity index (χ3n) is 4.45. The van der Waals surface area contributed by atoms with E-state index in [0.717, 1.165) is 42.4 Å². The summed E-state index contributed by atoms with van der Waals surface area (Å²) in [5.74, 6) is -3.81. The molecule has 0 aliphatic carbocycles. The molecule has 0 saturated carbocycles. The summed E-state index contributed by atoms with van der Waals surface area (Å²) in [5, 5.41) is 14.5. The van der Waals surface area contributed by atoms with Crippen LogP contribution in [0.2, 0.25) is 0 Å². The van der Waals surface area contributed by atoms with Gasteiger partial charge in [-0.05, 0) is 35.7 Å². The SMILES string of the molecule is CN1CCc2cc([C@@H](O)CNC(=O)C(=O)Nc3cc(F)ccc3F)ccc21. The van der Waals surface area contributed by atoms with E-state index in [-0.39, 0.29) is 6.54 Å². The molecular formula is C19H19F2N3O3. The molecule has 0 fully saturated rings. The van der Waals surface area contributed by atoms with Crippen LogP contribution >= 0.6 is 0 Å². The Hall–Kier alpha value is -3.00. The smallest absolute Gasteiger partial charge is 0.313 e. The van der Waals surface area contributed by atoms with Gasteiger partial charge >= 0.3 is 11.8 Å². The van der Waals surface area contributed by atoms with Gasteiger partial charge in [-0.2, -0.15) is 0 Å². The highest BCUT2D eigenvalue weighted by atomic mass is 19.1. The number of hydrogen-bond donors (Lipinski definition) is 3. The maximum atomic E-state index is 13.5. The van der Waals surface area contributed by atoms with Gasteiger partial charge in [-0.1, -0.05) is 12.1 Å². The van der Waals surface area contributed by atoms with E-state index in [1.54, 1.807) is 6.07 Å². The van der Waals surface area contributed by atoms with Crippen molar-refractivity contribution in [2.45, 2.75) is 12.5 Å². The number of carbonyl (C=O) groups excluding carboxylic acids is 2. The Morgan fingerprint density at radius 1 is 1.19 bits per heavy atom. The number of nitrogens with zero attached hydrogens (tertiary/aromatic N) is 1. The second-order valence-corrected chi connectivity index (χ2v) is 6.36. The lowest BCUT2D eigenvalue weighted by atomic mass is 10.0. The molecule has 3 N–H and O–H groups in total. The summed E-state index contributed by atoms with van der Waals surface area (Å²) < 4.78 is 26.6. The summed E-state index contributed by atoms with van der Waals surface area (Å²) in [4.78, 5) is 25.8. The molecule has 0 bridgehead atoms. The second kappa shape index (κ2) is 7.71. The average molecular weight is 375 g/mol. The largest absolute Gasteiger partial charge is 0.387 e. The van der Waals surface area contributed by atoms with Crippen LogP contribution in [0.4, 0.5) is 20.2 Å². The van der Waals surface area contributed by atoms with Crippen molar-refractivity contribution in [3.63, 3.8) is 0 Å². The van der Waals surface area contributed by atoms with Gasteiger partial charge in [-0.3, -0.25) is 9.59 Å². The molecule has 2 aromatic carbocycles. The highest BCUT2D eigenvalue weighted by Gasteiger charge is 2.20. The number of anilines is 2. The molecule has 0 saturated heterocycles. The third kappa shape index (κ3) is 4.22. The Balaban J connectivity index is 1.57. The van der Waals surface area contributed by atoms with E-state index >= 15 is 0 Å². The fourth-order valence-corrected chi connectivity index (χ4v) is 2.95. The molecule has 0 aromatic heterocycles. The fraction of sp³-hybridized carbons (Fsp3) is 0.263. The molecule has 1 heterocycles. The highest BCUT2D eigenvalue weighted by molar-refractivity contribution is 6.39. The molecule has 2 amide bonds. The molecule has 0 unspecified atom stereocenters. The van der Waals surface area contributed by atoms with Crippen molar-refractivity contribution in [3.05, 3.63) is 59.2 Å². The molecular weight excluding hydrogens is 356 g/mol. The number of fused-ring (bicyclic) bond motifs is 1. The minimum atomic E-state index is -1.15. The molecule has 1 aliphatic heterocycles. The molecule has 2 aromatic rings. The standard InChI is InChI=1S/C19H19F2N3O3/c1-24-7-6-11-8-12(2-5-16(11)24)17(25)10-22-18(26)19(27)23-15-9-13(20)3-4-14(15)21/h2-5,8-9,17,25H,6-7,10H2,1H3,(H,22,26)(H,23,27)/t17-/m0/s1. The van der Waals surface area contributed by atoms with Crippen molar-refractivity contribution in [1.29, 1.82) is 0 Å². The number of aliphatic hydroxyl groups is 1. The average Bonchev–Trinajstić information content (AvgIpc) is 3.02. The number of amides is 2. The topological polar surface area (TPSA) is 81.7 Å². The first-order valence-electron chi connectivity index (χ1n) is 8.41. The van der Waals surface area contributed by atoms with Crippen LogP contribution in [-0.2, 0) is 16.0 Å². The Morgan fingerprint density at radius 2 is 1.96 bits per heavy atom. The Morgan fingerprint density at radius 3 is 2.74 bits per heavy atom. The van der Waals surface area contributed by atoms with E-state index in [1.165, 1.54) is 0 Å². The van der Waals surface area contributed by atoms with Crippen molar-refractivity contribution >= 4 is 23.2 Å². The lowest BCUT2D eigenvalue weighted by molar-refractivity contribution is -0.136. The minimum absolute atomic E-state index is 0.188. The van der Waals surface area contributed by atoms with Crippen LogP contribution in [0.15, 0.2) is 36.4 Å². The Kier molecular flexibility index (Phi) is 5.36. The number of nitrogens with one attached hydrogen (secondary N) is 2. The Bertz CT molecular complexity index is 888. The minimum Gasteiger partial charge on any atom is -0.387 e. The normalized spacial score (nSPS) is 13.9. The molecule has 1 atom stereocenters. The van der Waals surface area contributed by atoms with Crippen molar-refractivity contribution in [1.82, 2.24) is 5.32 Å². The number of aliphatic hydroxyl groups excluding tert-OH is 1. The first-order chi connectivity index (χ1) is 12.8. The molecule has 27 heavy (non-hydrogen) atoms. The third-order valence-corrected chi connectivity index (χ3v) is 4.45. The molecule has 3 rings (SSSR count). The van der Waals surface area contributed by atoms with Gasteiger partial charge in [0.2, 0.25) is 0 Å². The zero-order valence-corrected chi connectivity index (χ0v) is 14.6. The number of halogens is 2. The highest BCUT2D eigenvalue weighted by Crippen LogP contribution is 2.29. The molecule has 0 radical (unpaired) electrons. The first kappa shape index (κ1) is 18.8. The lowest BCUT2D eigenvalue weighted by Gasteiger charge is -2.15. The van der Waals surface area contributed by atoms with E-state index in [9.17, 15) is 23.5 Å². The summed E-state index contributed by atoms with van der Waals surface area (Å²) in [6.07, 6.45) is -0.121. The van der Waals surface area contributed by atoms with Crippen molar-refractivity contribution < 1.29 is 23.5 Å². The van der Waals surface area contributed by atoms with Crippen LogP contribution < -0.4 is 15.5 Å². The fourth-order valence-electron chi connectivity index (χ4n) is 2.95. The first-order valence-corrected chi connectivity index (χ1v) is 8.41. The van der Waals surface area contributed by atoms with Gasteiger partial charge in [0.15, 0.2) is 0 Å². The maximum Gasteiger partial charge on any atom is 0.313 e. The van der Waals surface area contributed by atoms with Crippen molar-refractivity contribution in [3.8, 4) is 0 Å². The lowest BCUT2D eigenvalue weighted by Crippen LogP contribution is -2.37. The van der Waals surface area contributed by atoms with Gasteiger partial charge in [0.1, 0.15) is 11.6 Å². The van der Waals surface area contributed by atoms with Crippen LogP contribution in [0.3, 0.4) is 0 Å². The summed E-state index contributed by atoms with van der Waals surface area (Å²) in [6, 6.07) is 8.06. The number of rotatable bonds is 4. The van der Waals surface area contributed by atoms with E-state index in [0.29, 0.717) is 5.56 Å². The van der Waals surface area contributed by atoms with Crippen LogP contribution in [0.25, 0.3) is 0 Å².